The highest BCUT2D eigenvalue weighted by Crippen LogP contribution is 2.24. The molecule has 1 atom stereocenters. The molecule has 0 aliphatic carbocycles. The normalized spacial score (nSPS) is 11.9. The van der Waals surface area contributed by atoms with Gasteiger partial charge in [0.05, 0.1) is 12.8 Å². The standard InChI is InChI=1S/C14H16ClN3O/c1-9(10-4-3-5-11(15)8-10)17-13-7-6-12(16)14(18-13)19-2/h3-9H,16H2,1-2H3,(H,17,18). The molecule has 1 heterocycles. The van der Waals surface area contributed by atoms with E-state index in [1.165, 1.54) is 0 Å². The van der Waals surface area contributed by atoms with E-state index in [1.807, 2.05) is 37.3 Å². The number of benzene rings is 1. The van der Waals surface area contributed by atoms with Gasteiger partial charge in [0.2, 0.25) is 5.88 Å². The zero-order valence-corrected chi connectivity index (χ0v) is 11.6. The SMILES string of the molecule is COc1nc(NC(C)c2cccc(Cl)c2)ccc1N. The summed E-state index contributed by atoms with van der Waals surface area (Å²) in [6.45, 7) is 2.04. The molecule has 0 fully saturated rings. The second-order valence-corrected chi connectivity index (χ2v) is 4.65. The smallest absolute Gasteiger partial charge is 0.238 e. The first-order valence-electron chi connectivity index (χ1n) is 5.92. The summed E-state index contributed by atoms with van der Waals surface area (Å²) < 4.78 is 5.09. The minimum absolute atomic E-state index is 0.0829. The minimum Gasteiger partial charge on any atom is -0.479 e. The number of nitrogens with two attached hydrogens (primary N) is 1. The number of halogens is 1. The molecule has 1 aromatic heterocycles. The molecule has 100 valence electrons. The summed E-state index contributed by atoms with van der Waals surface area (Å²) in [4.78, 5) is 4.29. The second-order valence-electron chi connectivity index (χ2n) is 4.22. The van der Waals surface area contributed by atoms with E-state index < -0.39 is 0 Å². The fraction of sp³-hybridized carbons (Fsp3) is 0.214. The number of pyridine rings is 1. The van der Waals surface area contributed by atoms with Gasteiger partial charge in [0.1, 0.15) is 5.82 Å². The quantitative estimate of drug-likeness (QED) is 0.898. The van der Waals surface area contributed by atoms with E-state index in [4.69, 9.17) is 22.1 Å². The fourth-order valence-electron chi connectivity index (χ4n) is 1.78. The van der Waals surface area contributed by atoms with E-state index in [0.717, 1.165) is 5.56 Å². The van der Waals surface area contributed by atoms with Crippen molar-refractivity contribution in [1.82, 2.24) is 4.98 Å². The largest absolute Gasteiger partial charge is 0.479 e. The van der Waals surface area contributed by atoms with Gasteiger partial charge < -0.3 is 15.8 Å². The molecule has 19 heavy (non-hydrogen) atoms. The van der Waals surface area contributed by atoms with Gasteiger partial charge in [-0.1, -0.05) is 23.7 Å². The molecule has 0 radical (unpaired) electrons. The Hall–Kier alpha value is -1.94. The van der Waals surface area contributed by atoms with Crippen molar-refractivity contribution in [3.05, 3.63) is 47.0 Å². The molecule has 0 aliphatic heterocycles. The molecule has 5 heteroatoms. The molecule has 0 saturated carbocycles. The molecule has 0 bridgehead atoms. The number of nitrogens with one attached hydrogen (secondary N) is 1. The van der Waals surface area contributed by atoms with Crippen molar-refractivity contribution in [2.45, 2.75) is 13.0 Å². The monoisotopic (exact) mass is 277 g/mol. The number of methoxy groups -OCH3 is 1. The lowest BCUT2D eigenvalue weighted by atomic mass is 10.1. The molecule has 0 amide bonds. The van der Waals surface area contributed by atoms with E-state index in [1.54, 1.807) is 13.2 Å². The Bertz CT molecular complexity index is 574. The van der Waals surface area contributed by atoms with Crippen LogP contribution in [-0.2, 0) is 0 Å². The van der Waals surface area contributed by atoms with Crippen molar-refractivity contribution in [3.8, 4) is 5.88 Å². The van der Waals surface area contributed by atoms with E-state index in [9.17, 15) is 0 Å². The molecule has 4 nitrogen and oxygen atoms in total. The first-order valence-corrected chi connectivity index (χ1v) is 6.30. The van der Waals surface area contributed by atoms with Crippen LogP contribution in [0.4, 0.5) is 11.5 Å². The Morgan fingerprint density at radius 1 is 1.32 bits per heavy atom. The predicted molar refractivity (Wildman–Crippen MR) is 78.7 cm³/mol. The van der Waals surface area contributed by atoms with Crippen LogP contribution in [0.2, 0.25) is 5.02 Å². The Labute approximate surface area is 117 Å². The number of nitrogens with zero attached hydrogens (tertiary/aromatic N) is 1. The van der Waals surface area contributed by atoms with Crippen LogP contribution in [0.5, 0.6) is 5.88 Å². The van der Waals surface area contributed by atoms with Crippen LogP contribution in [0, 0.1) is 0 Å². The van der Waals surface area contributed by atoms with Gasteiger partial charge in [-0.3, -0.25) is 0 Å². The van der Waals surface area contributed by atoms with Crippen LogP contribution in [-0.4, -0.2) is 12.1 Å². The molecule has 1 aromatic carbocycles. The van der Waals surface area contributed by atoms with Gasteiger partial charge in [-0.25, -0.2) is 0 Å². The van der Waals surface area contributed by atoms with Crippen molar-refractivity contribution < 1.29 is 4.74 Å². The Balaban J connectivity index is 2.17. The van der Waals surface area contributed by atoms with Gasteiger partial charge in [0.25, 0.3) is 0 Å². The van der Waals surface area contributed by atoms with Gasteiger partial charge in [-0.05, 0) is 36.8 Å². The van der Waals surface area contributed by atoms with Crippen molar-refractivity contribution in [3.63, 3.8) is 0 Å². The first kappa shape index (κ1) is 13.5. The van der Waals surface area contributed by atoms with E-state index in [0.29, 0.717) is 22.4 Å². The third kappa shape index (κ3) is 3.29. The summed E-state index contributed by atoms with van der Waals surface area (Å²) in [7, 11) is 1.54. The van der Waals surface area contributed by atoms with E-state index in [2.05, 4.69) is 10.3 Å². The highest BCUT2D eigenvalue weighted by molar-refractivity contribution is 6.30. The number of hydrogen-bond acceptors (Lipinski definition) is 4. The lowest BCUT2D eigenvalue weighted by Gasteiger charge is -2.16. The van der Waals surface area contributed by atoms with Crippen LogP contribution in [0.3, 0.4) is 0 Å². The van der Waals surface area contributed by atoms with Gasteiger partial charge in [-0.2, -0.15) is 4.98 Å². The highest BCUT2D eigenvalue weighted by Gasteiger charge is 2.08. The average Bonchev–Trinajstić information content (AvgIpc) is 2.41. The maximum absolute atomic E-state index is 5.98. The van der Waals surface area contributed by atoms with Crippen molar-refractivity contribution in [1.29, 1.82) is 0 Å². The van der Waals surface area contributed by atoms with Gasteiger partial charge in [0, 0.05) is 11.1 Å². The van der Waals surface area contributed by atoms with Crippen molar-refractivity contribution in [2.75, 3.05) is 18.2 Å². The average molecular weight is 278 g/mol. The molecule has 1 unspecified atom stereocenters. The van der Waals surface area contributed by atoms with Gasteiger partial charge in [-0.15, -0.1) is 0 Å². The van der Waals surface area contributed by atoms with Crippen LogP contribution >= 0.6 is 11.6 Å². The summed E-state index contributed by atoms with van der Waals surface area (Å²) in [6.07, 6.45) is 0. The summed E-state index contributed by atoms with van der Waals surface area (Å²) in [5.41, 5.74) is 7.33. The summed E-state index contributed by atoms with van der Waals surface area (Å²) >= 11 is 5.98. The Morgan fingerprint density at radius 2 is 2.11 bits per heavy atom. The topological polar surface area (TPSA) is 60.2 Å². The zero-order chi connectivity index (χ0) is 13.8. The summed E-state index contributed by atoms with van der Waals surface area (Å²) in [5.74, 6) is 1.13. The molecule has 2 aromatic rings. The maximum atomic E-state index is 5.98. The number of anilines is 2. The number of hydrogen-bond donors (Lipinski definition) is 2. The van der Waals surface area contributed by atoms with Gasteiger partial charge >= 0.3 is 0 Å². The zero-order valence-electron chi connectivity index (χ0n) is 10.9. The van der Waals surface area contributed by atoms with Crippen LogP contribution in [0.15, 0.2) is 36.4 Å². The summed E-state index contributed by atoms with van der Waals surface area (Å²) in [6, 6.07) is 11.4. The number of ether oxygens (including phenoxy) is 1. The molecular formula is C14H16ClN3O. The number of nitrogen functional groups attached to an aromatic ring is 1. The van der Waals surface area contributed by atoms with Crippen LogP contribution in [0.25, 0.3) is 0 Å². The fourth-order valence-corrected chi connectivity index (χ4v) is 1.97. The molecule has 2 rings (SSSR count). The Morgan fingerprint density at radius 3 is 2.79 bits per heavy atom. The Kier molecular flexibility index (Phi) is 4.12. The number of aromatic nitrogens is 1. The third-order valence-corrected chi connectivity index (χ3v) is 3.03. The predicted octanol–water partition coefficient (Wildman–Crippen LogP) is 3.50. The first-order chi connectivity index (χ1) is 9.10. The molecule has 3 N–H and O–H groups in total. The summed E-state index contributed by atoms with van der Waals surface area (Å²) in [5, 5.41) is 4.00. The lowest BCUT2D eigenvalue weighted by molar-refractivity contribution is 0.401. The number of rotatable bonds is 4. The molecular weight excluding hydrogens is 262 g/mol. The minimum atomic E-state index is 0.0829. The highest BCUT2D eigenvalue weighted by atomic mass is 35.5. The van der Waals surface area contributed by atoms with Crippen molar-refractivity contribution in [2.24, 2.45) is 0 Å². The molecule has 0 spiro atoms. The van der Waals surface area contributed by atoms with Crippen molar-refractivity contribution >= 4 is 23.1 Å². The van der Waals surface area contributed by atoms with Gasteiger partial charge in [0.15, 0.2) is 0 Å². The maximum Gasteiger partial charge on any atom is 0.238 e. The van der Waals surface area contributed by atoms with E-state index in [-0.39, 0.29) is 6.04 Å². The molecule has 0 aliphatic rings. The lowest BCUT2D eigenvalue weighted by Crippen LogP contribution is -2.08. The molecule has 0 saturated heterocycles. The second kappa shape index (κ2) is 5.80. The van der Waals surface area contributed by atoms with Crippen LogP contribution < -0.4 is 15.8 Å². The van der Waals surface area contributed by atoms with E-state index >= 15 is 0 Å². The third-order valence-electron chi connectivity index (χ3n) is 2.80. The van der Waals surface area contributed by atoms with Crippen LogP contribution in [0.1, 0.15) is 18.5 Å².